The van der Waals surface area contributed by atoms with Gasteiger partial charge in [0.1, 0.15) is 5.83 Å². The van der Waals surface area contributed by atoms with Crippen LogP contribution in [0.5, 0.6) is 0 Å². The van der Waals surface area contributed by atoms with E-state index in [1.165, 1.54) is 11.1 Å². The molecule has 0 N–H and O–H groups in total. The highest BCUT2D eigenvalue weighted by Gasteiger charge is 2.26. The smallest absolute Gasteiger partial charge is 0.110 e. The van der Waals surface area contributed by atoms with Crippen LogP contribution in [0.15, 0.2) is 22.5 Å². The Morgan fingerprint density at radius 2 is 1.67 bits per heavy atom. The lowest BCUT2D eigenvalue weighted by atomic mass is 10.0. The van der Waals surface area contributed by atoms with Gasteiger partial charge in [-0.05, 0) is 30.9 Å². The summed E-state index contributed by atoms with van der Waals surface area (Å²) in [6, 6.07) is 0. The standard InChI is InChI=1S/C11H17F/c1-5-9-7(3)8(4)11(12)10(9)6-2/h8H,5-6H2,1-4H3. The normalized spacial score (nSPS) is 24.2. The maximum absolute atomic E-state index is 13.5. The molecule has 0 heterocycles. The average molecular weight is 168 g/mol. The molecular weight excluding hydrogens is 151 g/mol. The summed E-state index contributed by atoms with van der Waals surface area (Å²) < 4.78 is 13.5. The molecule has 68 valence electrons. The summed E-state index contributed by atoms with van der Waals surface area (Å²) in [5.74, 6) is 0.141. The molecule has 1 unspecified atom stereocenters. The summed E-state index contributed by atoms with van der Waals surface area (Å²) in [4.78, 5) is 0. The summed E-state index contributed by atoms with van der Waals surface area (Å²) in [6.07, 6.45) is 1.80. The van der Waals surface area contributed by atoms with Crippen LogP contribution < -0.4 is 0 Å². The van der Waals surface area contributed by atoms with E-state index in [4.69, 9.17) is 0 Å². The second-order valence-electron chi connectivity index (χ2n) is 3.42. The minimum atomic E-state index is 0.0369. The maximum atomic E-state index is 13.5. The Bertz CT molecular complexity index is 220. The fraction of sp³-hybridized carbons (Fsp3) is 0.636. The highest BCUT2D eigenvalue weighted by Crippen LogP contribution is 2.40. The number of halogens is 1. The van der Waals surface area contributed by atoms with Gasteiger partial charge in [0, 0.05) is 5.92 Å². The average Bonchev–Trinajstić information content (AvgIpc) is 2.29. The van der Waals surface area contributed by atoms with E-state index in [9.17, 15) is 4.39 Å². The molecule has 1 heteroatoms. The molecule has 0 nitrogen and oxygen atoms in total. The monoisotopic (exact) mass is 168 g/mol. The first-order valence-electron chi connectivity index (χ1n) is 4.72. The van der Waals surface area contributed by atoms with Gasteiger partial charge in [-0.2, -0.15) is 0 Å². The van der Waals surface area contributed by atoms with Gasteiger partial charge in [-0.3, -0.25) is 0 Å². The van der Waals surface area contributed by atoms with Gasteiger partial charge in [0.15, 0.2) is 0 Å². The third kappa shape index (κ3) is 1.21. The van der Waals surface area contributed by atoms with Crippen molar-refractivity contribution in [1.82, 2.24) is 0 Å². The van der Waals surface area contributed by atoms with Crippen LogP contribution in [0.25, 0.3) is 0 Å². The van der Waals surface area contributed by atoms with Crippen LogP contribution in [-0.2, 0) is 0 Å². The van der Waals surface area contributed by atoms with Crippen molar-refractivity contribution in [3.8, 4) is 0 Å². The highest BCUT2D eigenvalue weighted by atomic mass is 19.1. The zero-order valence-electron chi connectivity index (χ0n) is 8.37. The molecule has 1 atom stereocenters. The van der Waals surface area contributed by atoms with E-state index in [2.05, 4.69) is 6.92 Å². The van der Waals surface area contributed by atoms with E-state index in [-0.39, 0.29) is 11.7 Å². The van der Waals surface area contributed by atoms with Crippen molar-refractivity contribution in [2.45, 2.75) is 40.5 Å². The van der Waals surface area contributed by atoms with Crippen molar-refractivity contribution in [2.75, 3.05) is 0 Å². The first kappa shape index (κ1) is 9.50. The van der Waals surface area contributed by atoms with Gasteiger partial charge in [-0.1, -0.05) is 26.3 Å². The molecule has 0 aromatic heterocycles. The summed E-state index contributed by atoms with van der Waals surface area (Å²) in [5, 5.41) is 0. The Hall–Kier alpha value is -0.590. The van der Waals surface area contributed by atoms with Gasteiger partial charge in [-0.25, -0.2) is 4.39 Å². The largest absolute Gasteiger partial charge is 0.211 e. The molecule has 1 rings (SSSR count). The lowest BCUT2D eigenvalue weighted by molar-refractivity contribution is 0.536. The van der Waals surface area contributed by atoms with Crippen molar-refractivity contribution >= 4 is 0 Å². The van der Waals surface area contributed by atoms with Crippen molar-refractivity contribution < 1.29 is 4.39 Å². The summed E-state index contributed by atoms with van der Waals surface area (Å²) in [7, 11) is 0. The third-order valence-electron chi connectivity index (χ3n) is 2.87. The van der Waals surface area contributed by atoms with Gasteiger partial charge in [-0.15, -0.1) is 0 Å². The fourth-order valence-corrected chi connectivity index (χ4v) is 1.97. The fourth-order valence-electron chi connectivity index (χ4n) is 1.97. The Labute approximate surface area is 74.2 Å². The van der Waals surface area contributed by atoms with E-state index in [0.29, 0.717) is 0 Å². The van der Waals surface area contributed by atoms with Crippen LogP contribution in [0.3, 0.4) is 0 Å². The van der Waals surface area contributed by atoms with E-state index < -0.39 is 0 Å². The van der Waals surface area contributed by atoms with Crippen LogP contribution in [-0.4, -0.2) is 0 Å². The first-order chi connectivity index (χ1) is 5.63. The molecule has 0 amide bonds. The zero-order valence-corrected chi connectivity index (χ0v) is 8.37. The molecule has 0 spiro atoms. The topological polar surface area (TPSA) is 0 Å². The minimum absolute atomic E-state index is 0.0369. The number of hydrogen-bond acceptors (Lipinski definition) is 0. The Kier molecular flexibility index (Phi) is 2.71. The molecular formula is C11H17F. The molecule has 0 aromatic rings. The quantitative estimate of drug-likeness (QED) is 0.584. The van der Waals surface area contributed by atoms with Crippen molar-refractivity contribution in [3.05, 3.63) is 22.5 Å². The van der Waals surface area contributed by atoms with Crippen LogP contribution in [0, 0.1) is 5.92 Å². The van der Waals surface area contributed by atoms with Gasteiger partial charge in [0.05, 0.1) is 0 Å². The van der Waals surface area contributed by atoms with Crippen LogP contribution in [0.1, 0.15) is 40.5 Å². The summed E-state index contributed by atoms with van der Waals surface area (Å²) in [6.45, 7) is 8.12. The molecule has 0 bridgehead atoms. The molecule has 0 fully saturated rings. The van der Waals surface area contributed by atoms with E-state index in [0.717, 1.165) is 18.4 Å². The molecule has 1 aliphatic carbocycles. The second kappa shape index (κ2) is 3.42. The van der Waals surface area contributed by atoms with Crippen LogP contribution in [0.4, 0.5) is 4.39 Å². The maximum Gasteiger partial charge on any atom is 0.110 e. The van der Waals surface area contributed by atoms with E-state index >= 15 is 0 Å². The molecule has 1 aliphatic rings. The van der Waals surface area contributed by atoms with Crippen molar-refractivity contribution in [1.29, 1.82) is 0 Å². The lowest BCUT2D eigenvalue weighted by Crippen LogP contribution is -1.91. The molecule has 0 aromatic carbocycles. The second-order valence-corrected chi connectivity index (χ2v) is 3.42. The number of hydrogen-bond donors (Lipinski definition) is 0. The van der Waals surface area contributed by atoms with Gasteiger partial charge < -0.3 is 0 Å². The first-order valence-corrected chi connectivity index (χ1v) is 4.72. The lowest BCUT2D eigenvalue weighted by Gasteiger charge is -2.04. The predicted molar refractivity (Wildman–Crippen MR) is 50.6 cm³/mol. The van der Waals surface area contributed by atoms with Gasteiger partial charge in [0.25, 0.3) is 0 Å². The van der Waals surface area contributed by atoms with E-state index in [1.54, 1.807) is 0 Å². The number of rotatable bonds is 2. The molecule has 0 aliphatic heterocycles. The number of allylic oxidation sites excluding steroid dienone is 4. The SMILES string of the molecule is CCC1=C(C)C(C)C(F)=C1CC. The Morgan fingerprint density at radius 1 is 1.17 bits per heavy atom. The predicted octanol–water partition coefficient (Wildman–Crippen LogP) is 4.00. The molecule has 0 saturated heterocycles. The van der Waals surface area contributed by atoms with E-state index in [1.807, 2.05) is 20.8 Å². The minimum Gasteiger partial charge on any atom is -0.211 e. The molecule has 12 heavy (non-hydrogen) atoms. The van der Waals surface area contributed by atoms with Gasteiger partial charge in [0.2, 0.25) is 0 Å². The zero-order chi connectivity index (χ0) is 9.30. The Balaban J connectivity index is 3.08. The van der Waals surface area contributed by atoms with Crippen LogP contribution >= 0.6 is 0 Å². The van der Waals surface area contributed by atoms with Crippen molar-refractivity contribution in [3.63, 3.8) is 0 Å². The van der Waals surface area contributed by atoms with Crippen molar-refractivity contribution in [2.24, 2.45) is 5.92 Å². The summed E-state index contributed by atoms with van der Waals surface area (Å²) >= 11 is 0. The van der Waals surface area contributed by atoms with Gasteiger partial charge >= 0.3 is 0 Å². The molecule has 0 saturated carbocycles. The molecule has 0 radical (unpaired) electrons. The van der Waals surface area contributed by atoms with Crippen LogP contribution in [0.2, 0.25) is 0 Å². The third-order valence-corrected chi connectivity index (χ3v) is 2.87. The summed E-state index contributed by atoms with van der Waals surface area (Å²) in [5.41, 5.74) is 3.44. The highest BCUT2D eigenvalue weighted by molar-refractivity contribution is 5.46. The Morgan fingerprint density at radius 3 is 2.00 bits per heavy atom.